The van der Waals surface area contributed by atoms with Crippen molar-refractivity contribution in [3.8, 4) is 0 Å². The Hall–Kier alpha value is -3.21. The van der Waals surface area contributed by atoms with Crippen molar-refractivity contribution in [2.75, 3.05) is 30.0 Å². The lowest BCUT2D eigenvalue weighted by Crippen LogP contribution is -2.19. The van der Waals surface area contributed by atoms with E-state index in [1.54, 1.807) is 24.4 Å². The van der Waals surface area contributed by atoms with Crippen LogP contribution in [0.1, 0.15) is 17.5 Å². The minimum absolute atomic E-state index is 0.292. The summed E-state index contributed by atoms with van der Waals surface area (Å²) < 4.78 is 24.4. The molecular formula is C25H25BrN6O2S. The molecule has 0 fully saturated rings. The van der Waals surface area contributed by atoms with Gasteiger partial charge in [0.2, 0.25) is 5.95 Å². The molecule has 0 saturated heterocycles. The molecule has 1 aliphatic heterocycles. The number of rotatable bonds is 7. The van der Waals surface area contributed by atoms with E-state index in [1.165, 1.54) is 17.4 Å². The molecule has 2 aromatic carbocycles. The standard InChI is InChI=1S/C25H25BrN6O2S/c1-35(33,34)19-4-2-3-16(11-19)13-29-24-22(26)15-30-25(32-24)31-18-5-6-23-20(12-18)21(14-28-23)17-7-9-27-10-8-17/h2-7,11-12,14-15,27-28H,8-10,13H2,1H3,(H2,29,30,31,32). The smallest absolute Gasteiger partial charge is 0.229 e. The number of sulfone groups is 1. The molecule has 10 heteroatoms. The molecule has 0 spiro atoms. The van der Waals surface area contributed by atoms with Crippen molar-refractivity contribution in [3.05, 3.63) is 76.5 Å². The molecule has 4 aromatic rings. The largest absolute Gasteiger partial charge is 0.365 e. The number of hydrogen-bond acceptors (Lipinski definition) is 7. The third kappa shape index (κ3) is 5.39. The second kappa shape index (κ2) is 9.80. The first-order valence-electron chi connectivity index (χ1n) is 11.2. The van der Waals surface area contributed by atoms with Crippen LogP contribution in [-0.2, 0) is 16.4 Å². The number of H-pyrrole nitrogens is 1. The average Bonchev–Trinajstić information content (AvgIpc) is 3.28. The van der Waals surface area contributed by atoms with E-state index in [1.807, 2.05) is 12.1 Å². The number of aromatic nitrogens is 3. The molecule has 35 heavy (non-hydrogen) atoms. The van der Waals surface area contributed by atoms with Crippen LogP contribution in [0.4, 0.5) is 17.5 Å². The van der Waals surface area contributed by atoms with Crippen molar-refractivity contribution in [2.45, 2.75) is 17.9 Å². The Bertz CT molecular complexity index is 1530. The summed E-state index contributed by atoms with van der Waals surface area (Å²) in [6.45, 7) is 2.29. The monoisotopic (exact) mass is 552 g/mol. The first-order chi connectivity index (χ1) is 16.9. The third-order valence-corrected chi connectivity index (χ3v) is 7.57. The van der Waals surface area contributed by atoms with Gasteiger partial charge in [0.15, 0.2) is 9.84 Å². The molecule has 0 unspecified atom stereocenters. The molecule has 0 atom stereocenters. The summed E-state index contributed by atoms with van der Waals surface area (Å²) in [4.78, 5) is 12.7. The molecule has 1 aliphatic rings. The maximum Gasteiger partial charge on any atom is 0.229 e. The van der Waals surface area contributed by atoms with Crippen molar-refractivity contribution >= 4 is 59.7 Å². The minimum Gasteiger partial charge on any atom is -0.365 e. The van der Waals surface area contributed by atoms with Crippen molar-refractivity contribution in [1.82, 2.24) is 20.3 Å². The van der Waals surface area contributed by atoms with E-state index in [0.29, 0.717) is 27.7 Å². The van der Waals surface area contributed by atoms with Crippen molar-refractivity contribution in [2.24, 2.45) is 0 Å². The maximum absolute atomic E-state index is 11.8. The van der Waals surface area contributed by atoms with Crippen LogP contribution < -0.4 is 16.0 Å². The van der Waals surface area contributed by atoms with Gasteiger partial charge in [-0.05, 0) is 70.4 Å². The van der Waals surface area contributed by atoms with Gasteiger partial charge in [0.25, 0.3) is 0 Å². The molecule has 8 nitrogen and oxygen atoms in total. The van der Waals surface area contributed by atoms with Gasteiger partial charge < -0.3 is 20.9 Å². The zero-order valence-corrected chi connectivity index (χ0v) is 21.5. The quantitative estimate of drug-likeness (QED) is 0.259. The Labute approximate surface area is 212 Å². The van der Waals surface area contributed by atoms with Crippen molar-refractivity contribution < 1.29 is 8.42 Å². The highest BCUT2D eigenvalue weighted by molar-refractivity contribution is 9.10. The molecule has 0 saturated carbocycles. The lowest BCUT2D eigenvalue weighted by atomic mass is 9.99. The fourth-order valence-corrected chi connectivity index (χ4v) is 5.11. The molecule has 0 aliphatic carbocycles. The Morgan fingerprint density at radius 2 is 2.06 bits per heavy atom. The second-order valence-corrected chi connectivity index (χ2v) is 11.3. The summed E-state index contributed by atoms with van der Waals surface area (Å²) in [5.74, 6) is 1.06. The van der Waals surface area contributed by atoms with E-state index in [-0.39, 0.29) is 0 Å². The van der Waals surface area contributed by atoms with Crippen molar-refractivity contribution in [3.63, 3.8) is 0 Å². The summed E-state index contributed by atoms with van der Waals surface area (Å²) >= 11 is 3.49. The van der Waals surface area contributed by atoms with Crippen molar-refractivity contribution in [1.29, 1.82) is 0 Å². The van der Waals surface area contributed by atoms with E-state index >= 15 is 0 Å². The van der Waals surface area contributed by atoms with E-state index in [0.717, 1.165) is 41.7 Å². The summed E-state index contributed by atoms with van der Waals surface area (Å²) in [5, 5.41) is 11.1. The van der Waals surface area contributed by atoms with Gasteiger partial charge in [-0.25, -0.2) is 13.4 Å². The van der Waals surface area contributed by atoms with Crippen LogP contribution in [0.25, 0.3) is 16.5 Å². The second-order valence-electron chi connectivity index (χ2n) is 8.43. The number of fused-ring (bicyclic) bond motifs is 1. The number of hydrogen-bond donors (Lipinski definition) is 4. The Morgan fingerprint density at radius 3 is 2.86 bits per heavy atom. The highest BCUT2D eigenvalue weighted by atomic mass is 79.9. The van der Waals surface area contributed by atoms with Gasteiger partial charge in [0.1, 0.15) is 5.82 Å². The van der Waals surface area contributed by atoms with E-state index in [4.69, 9.17) is 0 Å². The van der Waals surface area contributed by atoms with Crippen LogP contribution in [0, 0.1) is 0 Å². The average molecular weight is 553 g/mol. The molecular weight excluding hydrogens is 528 g/mol. The van der Waals surface area contributed by atoms with Crippen LogP contribution in [-0.4, -0.2) is 42.7 Å². The van der Waals surface area contributed by atoms with Crippen LogP contribution in [0.3, 0.4) is 0 Å². The predicted octanol–water partition coefficient (Wildman–Crippen LogP) is 4.86. The molecule has 0 bridgehead atoms. The Kier molecular flexibility index (Phi) is 6.59. The molecule has 0 amide bonds. The van der Waals surface area contributed by atoms with E-state index < -0.39 is 9.84 Å². The number of halogens is 1. The summed E-state index contributed by atoms with van der Waals surface area (Å²) in [6, 6.07) is 13.0. The minimum atomic E-state index is -3.26. The normalized spacial score (nSPS) is 14.1. The Balaban J connectivity index is 1.35. The molecule has 0 radical (unpaired) electrons. The molecule has 2 aromatic heterocycles. The van der Waals surface area contributed by atoms with Gasteiger partial charge in [0, 0.05) is 53.9 Å². The number of aromatic amines is 1. The maximum atomic E-state index is 11.8. The van der Waals surface area contributed by atoms with E-state index in [9.17, 15) is 8.42 Å². The SMILES string of the molecule is CS(=O)(=O)c1cccc(CNc2nc(Nc3ccc4[nH]cc(C5=CCNCC5)c4c3)ncc2Br)c1. The highest BCUT2D eigenvalue weighted by Gasteiger charge is 2.13. The van der Waals surface area contributed by atoms with E-state index in [2.05, 4.69) is 71.2 Å². The molecule has 3 heterocycles. The first kappa shape index (κ1) is 23.5. The van der Waals surface area contributed by atoms with Gasteiger partial charge in [0.05, 0.1) is 9.37 Å². The van der Waals surface area contributed by atoms with Gasteiger partial charge in [-0.15, -0.1) is 0 Å². The van der Waals surface area contributed by atoms with Crippen LogP contribution in [0.15, 0.2) is 70.3 Å². The summed E-state index contributed by atoms with van der Waals surface area (Å²) in [6.07, 6.45) is 8.21. The first-order valence-corrected chi connectivity index (χ1v) is 13.9. The lowest BCUT2D eigenvalue weighted by molar-refractivity contribution is 0.601. The summed E-state index contributed by atoms with van der Waals surface area (Å²) in [7, 11) is -3.26. The number of benzene rings is 2. The molecule has 4 N–H and O–H groups in total. The molecule has 180 valence electrons. The predicted molar refractivity (Wildman–Crippen MR) is 144 cm³/mol. The Morgan fingerprint density at radius 1 is 1.17 bits per heavy atom. The van der Waals surface area contributed by atoms with Gasteiger partial charge >= 0.3 is 0 Å². The number of anilines is 3. The van der Waals surface area contributed by atoms with Crippen LogP contribution in [0.2, 0.25) is 0 Å². The highest BCUT2D eigenvalue weighted by Crippen LogP contribution is 2.31. The zero-order chi connectivity index (χ0) is 24.4. The van der Waals surface area contributed by atoms with Crippen LogP contribution in [0.5, 0.6) is 0 Å². The van der Waals surface area contributed by atoms with Gasteiger partial charge in [-0.1, -0.05) is 18.2 Å². The summed E-state index contributed by atoms with van der Waals surface area (Å²) in [5.41, 5.74) is 5.38. The van der Waals surface area contributed by atoms with Gasteiger partial charge in [-0.3, -0.25) is 0 Å². The third-order valence-electron chi connectivity index (χ3n) is 5.88. The fourth-order valence-electron chi connectivity index (χ4n) is 4.08. The molecule has 5 rings (SSSR count). The van der Waals surface area contributed by atoms with Crippen LogP contribution >= 0.6 is 15.9 Å². The number of nitrogens with zero attached hydrogens (tertiary/aromatic N) is 2. The fraction of sp³-hybridized carbons (Fsp3) is 0.200. The number of nitrogens with one attached hydrogen (secondary N) is 4. The zero-order valence-electron chi connectivity index (χ0n) is 19.1. The topological polar surface area (TPSA) is 112 Å². The lowest BCUT2D eigenvalue weighted by Gasteiger charge is -2.14. The van der Waals surface area contributed by atoms with Gasteiger partial charge in [-0.2, -0.15) is 4.98 Å².